The Morgan fingerprint density at radius 1 is 0.853 bits per heavy atom. The molecule has 3 aliphatic rings. The van der Waals surface area contributed by atoms with Crippen molar-refractivity contribution in [3.05, 3.63) is 48.0 Å². The van der Waals surface area contributed by atoms with E-state index in [4.69, 9.17) is 4.74 Å². The number of allylic oxidation sites excluding steroid dienone is 1. The average molecular weight is 470 g/mol. The Labute approximate surface area is 208 Å². The van der Waals surface area contributed by atoms with Crippen LogP contribution < -0.4 is 0 Å². The highest BCUT2D eigenvalue weighted by atomic mass is 19.1. The van der Waals surface area contributed by atoms with Crippen molar-refractivity contribution in [1.82, 2.24) is 4.90 Å². The molecule has 0 heterocycles. The van der Waals surface area contributed by atoms with Crippen molar-refractivity contribution in [2.45, 2.75) is 109 Å². The van der Waals surface area contributed by atoms with Crippen molar-refractivity contribution in [1.29, 1.82) is 0 Å². The van der Waals surface area contributed by atoms with Gasteiger partial charge in [-0.1, -0.05) is 57.2 Å². The van der Waals surface area contributed by atoms with Crippen molar-refractivity contribution in [2.24, 2.45) is 17.8 Å². The number of ether oxygens (including phenoxy) is 1. The van der Waals surface area contributed by atoms with Gasteiger partial charge in [0, 0.05) is 25.6 Å². The molecule has 3 heteroatoms. The molecule has 0 bridgehead atoms. The molecular weight excluding hydrogens is 421 g/mol. The quantitative estimate of drug-likeness (QED) is 0.319. The first-order chi connectivity index (χ1) is 16.6. The standard InChI is InChI=1S/C31H48FNO/c1-3-34-24(2)20-27-14-19-31(30(21-27)28-15-17-29(32)18-16-28)33(22-25-10-6-4-7-11-25)23-26-12-8-5-9-13-26/h15-18,25-27,30-31H,2-14,19-23H2,1H3/t27-,30-,31+/m0/s1. The van der Waals surface area contributed by atoms with Gasteiger partial charge in [-0.05, 0) is 93.2 Å². The van der Waals surface area contributed by atoms with Gasteiger partial charge in [0.2, 0.25) is 0 Å². The molecule has 1 aromatic carbocycles. The van der Waals surface area contributed by atoms with Gasteiger partial charge in [0.15, 0.2) is 0 Å². The van der Waals surface area contributed by atoms with E-state index in [1.807, 2.05) is 6.92 Å². The van der Waals surface area contributed by atoms with Crippen LogP contribution in [0.3, 0.4) is 0 Å². The van der Waals surface area contributed by atoms with E-state index in [1.54, 1.807) is 12.1 Å². The summed E-state index contributed by atoms with van der Waals surface area (Å²) in [7, 11) is 0. The summed E-state index contributed by atoms with van der Waals surface area (Å²) >= 11 is 0. The lowest BCUT2D eigenvalue weighted by atomic mass is 9.72. The molecule has 0 N–H and O–H groups in total. The first-order valence-electron chi connectivity index (χ1n) is 14.4. The number of rotatable bonds is 10. The minimum atomic E-state index is -0.126. The Hall–Kier alpha value is -1.35. The molecule has 3 saturated carbocycles. The summed E-state index contributed by atoms with van der Waals surface area (Å²) in [6.07, 6.45) is 18.7. The molecule has 190 valence electrons. The predicted molar refractivity (Wildman–Crippen MR) is 140 cm³/mol. The molecular formula is C31H48FNO. The van der Waals surface area contributed by atoms with Crippen LogP contribution in [-0.4, -0.2) is 30.6 Å². The van der Waals surface area contributed by atoms with Gasteiger partial charge in [-0.2, -0.15) is 0 Å². The van der Waals surface area contributed by atoms with Crippen molar-refractivity contribution < 1.29 is 9.13 Å². The zero-order valence-corrected chi connectivity index (χ0v) is 21.7. The zero-order valence-electron chi connectivity index (χ0n) is 21.7. The molecule has 0 amide bonds. The third-order valence-corrected chi connectivity index (χ3v) is 8.99. The summed E-state index contributed by atoms with van der Waals surface area (Å²) in [5, 5.41) is 0. The largest absolute Gasteiger partial charge is 0.499 e. The Bertz CT molecular complexity index is 714. The first kappa shape index (κ1) is 25.7. The number of benzene rings is 1. The highest BCUT2D eigenvalue weighted by molar-refractivity contribution is 5.23. The number of halogens is 1. The van der Waals surface area contributed by atoms with E-state index >= 15 is 0 Å². The van der Waals surface area contributed by atoms with Crippen LogP contribution in [-0.2, 0) is 4.74 Å². The Morgan fingerprint density at radius 2 is 1.44 bits per heavy atom. The second-order valence-electron chi connectivity index (χ2n) is 11.5. The number of hydrogen-bond acceptors (Lipinski definition) is 2. The topological polar surface area (TPSA) is 12.5 Å². The molecule has 0 aromatic heterocycles. The summed E-state index contributed by atoms with van der Waals surface area (Å²) < 4.78 is 19.5. The van der Waals surface area contributed by atoms with Crippen LogP contribution in [0.4, 0.5) is 4.39 Å². The van der Waals surface area contributed by atoms with Crippen LogP contribution in [0.1, 0.15) is 108 Å². The Kier molecular flexibility index (Phi) is 9.91. The fourth-order valence-corrected chi connectivity index (χ4v) is 7.27. The third-order valence-electron chi connectivity index (χ3n) is 8.99. The van der Waals surface area contributed by atoms with E-state index in [0.717, 1.165) is 30.4 Å². The minimum absolute atomic E-state index is 0.126. The predicted octanol–water partition coefficient (Wildman–Crippen LogP) is 8.48. The molecule has 2 nitrogen and oxygen atoms in total. The van der Waals surface area contributed by atoms with Gasteiger partial charge < -0.3 is 4.74 Å². The van der Waals surface area contributed by atoms with E-state index in [-0.39, 0.29) is 5.82 Å². The maximum Gasteiger partial charge on any atom is 0.123 e. The zero-order chi connectivity index (χ0) is 23.8. The number of nitrogens with zero attached hydrogens (tertiary/aromatic N) is 1. The van der Waals surface area contributed by atoms with Gasteiger partial charge in [-0.3, -0.25) is 4.90 Å². The lowest BCUT2D eigenvalue weighted by Gasteiger charge is -2.46. The maximum atomic E-state index is 13.8. The first-order valence-corrected chi connectivity index (χ1v) is 14.4. The van der Waals surface area contributed by atoms with E-state index < -0.39 is 0 Å². The lowest BCUT2D eigenvalue weighted by Crippen LogP contribution is -2.47. The monoisotopic (exact) mass is 469 g/mol. The SMILES string of the molecule is C=C(C[C@@H]1CC[C@@H](N(CC2CCCCC2)CC2CCCCC2)[C@H](c2ccc(F)cc2)C1)OCC. The molecule has 34 heavy (non-hydrogen) atoms. The van der Waals surface area contributed by atoms with E-state index in [1.165, 1.54) is 95.7 Å². The van der Waals surface area contributed by atoms with Crippen molar-refractivity contribution in [2.75, 3.05) is 19.7 Å². The maximum absolute atomic E-state index is 13.8. The highest BCUT2D eigenvalue weighted by Crippen LogP contribution is 2.43. The van der Waals surface area contributed by atoms with E-state index in [9.17, 15) is 4.39 Å². The molecule has 1 aromatic rings. The van der Waals surface area contributed by atoms with Crippen LogP contribution >= 0.6 is 0 Å². The highest BCUT2D eigenvalue weighted by Gasteiger charge is 2.37. The van der Waals surface area contributed by atoms with Crippen molar-refractivity contribution >= 4 is 0 Å². The Balaban J connectivity index is 1.54. The molecule has 3 atom stereocenters. The van der Waals surface area contributed by atoms with Gasteiger partial charge >= 0.3 is 0 Å². The molecule has 0 unspecified atom stereocenters. The van der Waals surface area contributed by atoms with Gasteiger partial charge in [0.05, 0.1) is 12.4 Å². The van der Waals surface area contributed by atoms with Crippen LogP contribution in [0.25, 0.3) is 0 Å². The molecule has 0 saturated heterocycles. The molecule has 0 aliphatic heterocycles. The minimum Gasteiger partial charge on any atom is -0.499 e. The third kappa shape index (κ3) is 7.33. The van der Waals surface area contributed by atoms with Crippen molar-refractivity contribution in [3.63, 3.8) is 0 Å². The summed E-state index contributed by atoms with van der Waals surface area (Å²) in [6.45, 7) is 9.46. The number of hydrogen-bond donors (Lipinski definition) is 0. The van der Waals surface area contributed by atoms with E-state index in [0.29, 0.717) is 24.5 Å². The van der Waals surface area contributed by atoms with Crippen LogP contribution in [0, 0.1) is 23.6 Å². The fraction of sp³-hybridized carbons (Fsp3) is 0.742. The summed E-state index contributed by atoms with van der Waals surface area (Å²) in [5.41, 5.74) is 1.33. The summed E-state index contributed by atoms with van der Waals surface area (Å²) in [5.74, 6) is 3.62. The smallest absolute Gasteiger partial charge is 0.123 e. The molecule has 3 aliphatic carbocycles. The normalized spacial score (nSPS) is 27.1. The Morgan fingerprint density at radius 3 is 2.00 bits per heavy atom. The van der Waals surface area contributed by atoms with Crippen LogP contribution in [0.2, 0.25) is 0 Å². The lowest BCUT2D eigenvalue weighted by molar-refractivity contribution is 0.0653. The molecule has 4 rings (SSSR count). The molecule has 0 spiro atoms. The second kappa shape index (κ2) is 13.1. The van der Waals surface area contributed by atoms with E-state index in [2.05, 4.69) is 23.6 Å². The fourth-order valence-electron chi connectivity index (χ4n) is 7.27. The molecule has 0 radical (unpaired) electrons. The summed E-state index contributed by atoms with van der Waals surface area (Å²) in [6, 6.07) is 8.04. The summed E-state index contributed by atoms with van der Waals surface area (Å²) in [4.78, 5) is 2.94. The van der Waals surface area contributed by atoms with Gasteiger partial charge in [0.1, 0.15) is 5.82 Å². The van der Waals surface area contributed by atoms with Gasteiger partial charge in [-0.25, -0.2) is 4.39 Å². The van der Waals surface area contributed by atoms with Crippen LogP contribution in [0.15, 0.2) is 36.6 Å². The molecule has 3 fully saturated rings. The van der Waals surface area contributed by atoms with Gasteiger partial charge in [-0.15, -0.1) is 0 Å². The van der Waals surface area contributed by atoms with Crippen LogP contribution in [0.5, 0.6) is 0 Å². The van der Waals surface area contributed by atoms with Crippen molar-refractivity contribution in [3.8, 4) is 0 Å². The second-order valence-corrected chi connectivity index (χ2v) is 11.5. The average Bonchev–Trinajstić information content (AvgIpc) is 2.85. The van der Waals surface area contributed by atoms with Gasteiger partial charge in [0.25, 0.3) is 0 Å².